The number of hydrogen-bond donors (Lipinski definition) is 6. The van der Waals surface area contributed by atoms with Crippen molar-refractivity contribution in [3.05, 3.63) is 48.1 Å². The van der Waals surface area contributed by atoms with Crippen molar-refractivity contribution in [1.29, 1.82) is 0 Å². The van der Waals surface area contributed by atoms with Crippen molar-refractivity contribution in [2.75, 3.05) is 31.8 Å². The average Bonchev–Trinajstić information content (AvgIpc) is 3.92. The van der Waals surface area contributed by atoms with E-state index in [1.54, 1.807) is 0 Å². The van der Waals surface area contributed by atoms with Crippen LogP contribution in [-0.2, 0) is 32.4 Å². The quantitative estimate of drug-likeness (QED) is 0.0504. The van der Waals surface area contributed by atoms with Crippen LogP contribution in [0.15, 0.2) is 42.5 Å². The topological polar surface area (TPSA) is 356 Å². The number of rotatable bonds is 12. The third-order valence-corrected chi connectivity index (χ3v) is 10.6. The van der Waals surface area contributed by atoms with Gasteiger partial charge in [-0.05, 0) is 0 Å². The summed E-state index contributed by atoms with van der Waals surface area (Å²) in [6, 6.07) is -1.36. The van der Waals surface area contributed by atoms with Gasteiger partial charge in [0.2, 0.25) is 21.4 Å². The number of ether oxygens (including phenoxy) is 3. The normalized spacial score (nSPS) is 28.0. The molecule has 0 saturated carbocycles. The van der Waals surface area contributed by atoms with Crippen LogP contribution in [0.2, 0.25) is 0 Å². The molecule has 5 aromatic heterocycles. The molecule has 274 valence electrons. The standard InChI is InChI=1S/C24H31N13O12P2.2Na/c1-45-17-12(10(4-47-51(43,44)35-3-2-27-7-35)48-23(17)36-8-30-13-18(25)28-6-29-19(13)36)34-50(41,42)46-5-11-15(38)16(39)22(49-11)37-9-31-14-20(37)32-24(26)33-21(14)40;;/h2-3,6-12,15-17,22-23,38-39H,4-5H2,1H3,(H,43,44)(H2,25,28,29)(H2,34,41,42)(H3,26,32,33,40);;/q;2*+1/p-2/t10-,11-,12-,15-,16-,17-,22-,23-;;/m1../s1. The van der Waals surface area contributed by atoms with E-state index in [1.807, 2.05) is 0 Å². The number of H-pyrrole nitrogens is 1. The van der Waals surface area contributed by atoms with E-state index < -0.39 is 83.3 Å². The number of hydrogen-bond acceptors (Lipinski definition) is 20. The zero-order valence-electron chi connectivity index (χ0n) is 28.0. The molecule has 7 rings (SSSR count). The number of nitrogens with zero attached hydrogens (tertiary/aromatic N) is 9. The molecule has 29 heteroatoms. The third-order valence-electron chi connectivity index (χ3n) is 8.24. The first-order chi connectivity index (χ1) is 24.3. The summed E-state index contributed by atoms with van der Waals surface area (Å²) in [5.41, 5.74) is 11.1. The van der Waals surface area contributed by atoms with Crippen LogP contribution in [0.1, 0.15) is 12.5 Å². The number of aromatic nitrogens is 10. The van der Waals surface area contributed by atoms with Crippen LogP contribution in [0.25, 0.3) is 22.3 Å². The molecule has 0 aliphatic carbocycles. The van der Waals surface area contributed by atoms with Crippen molar-refractivity contribution in [2.24, 2.45) is 0 Å². The first kappa shape index (κ1) is 41.9. The first-order valence-electron chi connectivity index (χ1n) is 14.8. The molecule has 10 atom stereocenters. The van der Waals surface area contributed by atoms with Crippen molar-refractivity contribution >= 4 is 49.6 Å². The van der Waals surface area contributed by atoms with E-state index in [0.717, 1.165) is 27.8 Å². The summed E-state index contributed by atoms with van der Waals surface area (Å²) in [5, 5.41) is 23.8. The monoisotopic (exact) mass is 799 g/mol. The van der Waals surface area contributed by atoms with Gasteiger partial charge in [0.1, 0.15) is 48.7 Å². The number of aliphatic hydroxyl groups is 2. The summed E-state index contributed by atoms with van der Waals surface area (Å²) in [7, 11) is -8.63. The zero-order chi connectivity index (χ0) is 36.2. The molecule has 0 spiro atoms. The molecule has 8 N–H and O–H groups in total. The van der Waals surface area contributed by atoms with E-state index in [-0.39, 0.29) is 93.2 Å². The molecular weight excluding hydrogens is 770 g/mol. The number of imidazole rings is 3. The Balaban J connectivity index is 0.00000271. The van der Waals surface area contributed by atoms with Crippen LogP contribution in [0.4, 0.5) is 11.8 Å². The van der Waals surface area contributed by atoms with E-state index in [0.29, 0.717) is 0 Å². The van der Waals surface area contributed by atoms with Crippen LogP contribution < -0.4 is 91.0 Å². The van der Waals surface area contributed by atoms with E-state index in [4.69, 9.17) is 34.7 Å². The second-order valence-corrected chi connectivity index (χ2v) is 14.5. The Morgan fingerprint density at radius 3 is 2.32 bits per heavy atom. The van der Waals surface area contributed by atoms with E-state index in [1.165, 1.54) is 30.5 Å². The molecule has 0 radical (unpaired) electrons. The zero-order valence-corrected chi connectivity index (χ0v) is 33.8. The van der Waals surface area contributed by atoms with Crippen molar-refractivity contribution in [3.8, 4) is 0 Å². The molecule has 0 aromatic carbocycles. The van der Waals surface area contributed by atoms with Crippen molar-refractivity contribution < 1.29 is 112 Å². The minimum atomic E-state index is -5.15. The predicted molar refractivity (Wildman–Crippen MR) is 165 cm³/mol. The second-order valence-electron chi connectivity index (χ2n) is 11.3. The predicted octanol–water partition coefficient (Wildman–Crippen LogP) is -9.66. The van der Waals surface area contributed by atoms with Gasteiger partial charge in [-0.2, -0.15) is 4.98 Å². The Morgan fingerprint density at radius 1 is 0.943 bits per heavy atom. The number of fused-ring (bicyclic) bond motifs is 2. The molecule has 5 aromatic rings. The van der Waals surface area contributed by atoms with Gasteiger partial charge in [0.25, 0.3) is 5.56 Å². The average molecular weight is 800 g/mol. The number of nitrogens with two attached hydrogens (primary N) is 2. The molecule has 53 heavy (non-hydrogen) atoms. The molecule has 2 aliphatic rings. The SMILES string of the molecule is CO[C@@H]1[C@H](NP(=O)([O-])OC[C@H]2O[C@@H](n3cnc4c(=O)[nH]c(N)nc43)[C@H](O)[C@@H]2O)[C@@H](COP(=O)([O-])n2ccnc2)O[C@H]1n1cnc2c(N)ncnc21.[Na+].[Na+]. The number of nitrogen functional groups attached to an aromatic ring is 2. The maximum absolute atomic E-state index is 13.4. The molecule has 2 saturated heterocycles. The van der Waals surface area contributed by atoms with Gasteiger partial charge in [0.05, 0.1) is 31.9 Å². The van der Waals surface area contributed by atoms with Crippen LogP contribution in [0.5, 0.6) is 0 Å². The van der Waals surface area contributed by atoms with Crippen LogP contribution in [0.3, 0.4) is 0 Å². The van der Waals surface area contributed by atoms with Gasteiger partial charge >= 0.3 is 59.1 Å². The van der Waals surface area contributed by atoms with E-state index >= 15 is 0 Å². The molecule has 7 heterocycles. The summed E-state index contributed by atoms with van der Waals surface area (Å²) in [4.78, 5) is 64.6. The van der Waals surface area contributed by atoms with Gasteiger partial charge < -0.3 is 54.7 Å². The van der Waals surface area contributed by atoms with Crippen LogP contribution in [0, 0.1) is 0 Å². The number of aromatic amines is 1. The summed E-state index contributed by atoms with van der Waals surface area (Å²) in [5.74, 6) is -0.181. The number of methoxy groups -OCH3 is 1. The Labute approximate surface area is 341 Å². The van der Waals surface area contributed by atoms with Gasteiger partial charge in [-0.25, -0.2) is 30.0 Å². The Bertz CT molecular complexity index is 2210. The molecule has 2 aliphatic heterocycles. The maximum atomic E-state index is 13.4. The molecule has 0 bridgehead atoms. The fraction of sp³-hybridized carbons (Fsp3) is 0.458. The van der Waals surface area contributed by atoms with Gasteiger partial charge in [-0.15, -0.1) is 0 Å². The third kappa shape index (κ3) is 8.19. The molecule has 2 unspecified atom stereocenters. The van der Waals surface area contributed by atoms with Crippen molar-refractivity contribution in [1.82, 2.24) is 53.4 Å². The van der Waals surface area contributed by atoms with Crippen LogP contribution >= 0.6 is 15.5 Å². The summed E-state index contributed by atoms with van der Waals surface area (Å²) < 4.78 is 57.3. The summed E-state index contributed by atoms with van der Waals surface area (Å²) >= 11 is 0. The number of anilines is 2. The number of nitrogens with one attached hydrogen (secondary N) is 2. The Hall–Kier alpha value is -2.23. The summed E-state index contributed by atoms with van der Waals surface area (Å²) in [6.45, 7) is -1.50. The molecular formula is C24H29N13Na2O12P2. The minimum Gasteiger partial charge on any atom is -0.766 e. The van der Waals surface area contributed by atoms with E-state index in [2.05, 4.69) is 40.0 Å². The second kappa shape index (κ2) is 16.5. The van der Waals surface area contributed by atoms with Crippen molar-refractivity contribution in [2.45, 2.75) is 49.0 Å². The van der Waals surface area contributed by atoms with Gasteiger partial charge in [-0.3, -0.25) is 32.4 Å². The smallest absolute Gasteiger partial charge is 0.766 e. The van der Waals surface area contributed by atoms with Crippen molar-refractivity contribution in [3.63, 3.8) is 0 Å². The Kier molecular flexibility index (Phi) is 13.0. The van der Waals surface area contributed by atoms with Gasteiger partial charge in [-0.1, -0.05) is 0 Å². The first-order valence-corrected chi connectivity index (χ1v) is 17.8. The minimum absolute atomic E-state index is 0. The molecule has 2 fully saturated rings. The fourth-order valence-corrected chi connectivity index (χ4v) is 7.80. The van der Waals surface area contributed by atoms with Gasteiger partial charge in [0.15, 0.2) is 35.1 Å². The maximum Gasteiger partial charge on any atom is 1.00 e. The summed E-state index contributed by atoms with van der Waals surface area (Å²) in [6.07, 6.45) is -2.74. The molecule has 0 amide bonds. The Morgan fingerprint density at radius 2 is 1.62 bits per heavy atom. The van der Waals surface area contributed by atoms with Gasteiger partial charge in [0, 0.05) is 19.5 Å². The van der Waals surface area contributed by atoms with Crippen LogP contribution in [-0.4, -0.2) is 115 Å². The molecule has 25 nitrogen and oxygen atoms in total. The number of aliphatic hydroxyl groups excluding tert-OH is 2. The van der Waals surface area contributed by atoms with E-state index in [9.17, 15) is 33.9 Å². The fourth-order valence-electron chi connectivity index (χ4n) is 5.82. The largest absolute Gasteiger partial charge is 1.00 e.